The number of rotatable bonds is 9. The number of hydrogen-bond donors (Lipinski definition) is 1. The number of nitrogens with zero attached hydrogens (tertiary/aromatic N) is 1. The highest BCUT2D eigenvalue weighted by molar-refractivity contribution is 4.71. The van der Waals surface area contributed by atoms with Crippen LogP contribution in [0, 0.1) is 5.92 Å². The predicted molar refractivity (Wildman–Crippen MR) is 69.1 cm³/mol. The molecule has 0 aliphatic rings. The molecule has 2 heteroatoms. The second-order valence-electron chi connectivity index (χ2n) is 4.92. The Kier molecular flexibility index (Phi) is 9.12. The highest BCUT2D eigenvalue weighted by atomic mass is 15.1. The first-order valence-corrected chi connectivity index (χ1v) is 6.59. The van der Waals surface area contributed by atoms with Crippen molar-refractivity contribution in [3.8, 4) is 0 Å². The summed E-state index contributed by atoms with van der Waals surface area (Å²) in [5, 5.41) is 0. The highest BCUT2D eigenvalue weighted by Gasteiger charge is 2.12. The maximum absolute atomic E-state index is 6.12. The van der Waals surface area contributed by atoms with Crippen molar-refractivity contribution in [1.29, 1.82) is 0 Å². The Morgan fingerprint density at radius 1 is 1.00 bits per heavy atom. The van der Waals surface area contributed by atoms with Crippen LogP contribution < -0.4 is 5.73 Å². The van der Waals surface area contributed by atoms with Gasteiger partial charge < -0.3 is 10.6 Å². The summed E-state index contributed by atoms with van der Waals surface area (Å²) >= 11 is 0. The monoisotopic (exact) mass is 214 g/mol. The van der Waals surface area contributed by atoms with E-state index in [0.29, 0.717) is 12.0 Å². The molecule has 0 saturated carbocycles. The van der Waals surface area contributed by atoms with Gasteiger partial charge in [-0.15, -0.1) is 0 Å². The van der Waals surface area contributed by atoms with Crippen LogP contribution in [0.3, 0.4) is 0 Å². The quantitative estimate of drug-likeness (QED) is 0.639. The highest BCUT2D eigenvalue weighted by Crippen LogP contribution is 2.04. The van der Waals surface area contributed by atoms with Crippen LogP contribution in [0.5, 0.6) is 0 Å². The number of nitrogens with two attached hydrogens (primary N) is 1. The average molecular weight is 214 g/mol. The van der Waals surface area contributed by atoms with Crippen LogP contribution in [0.15, 0.2) is 0 Å². The zero-order chi connectivity index (χ0) is 11.7. The van der Waals surface area contributed by atoms with Crippen molar-refractivity contribution >= 4 is 0 Å². The molecule has 1 atom stereocenters. The second-order valence-corrected chi connectivity index (χ2v) is 4.92. The molecule has 0 aromatic carbocycles. The van der Waals surface area contributed by atoms with Crippen LogP contribution in [-0.4, -0.2) is 30.6 Å². The van der Waals surface area contributed by atoms with Crippen molar-refractivity contribution < 1.29 is 0 Å². The van der Waals surface area contributed by atoms with Crippen LogP contribution in [0.25, 0.3) is 0 Å². The lowest BCUT2D eigenvalue weighted by atomic mass is 10.0. The second kappa shape index (κ2) is 9.17. The summed E-state index contributed by atoms with van der Waals surface area (Å²) in [7, 11) is 0. The first-order valence-electron chi connectivity index (χ1n) is 6.59. The minimum Gasteiger partial charge on any atom is -0.326 e. The molecule has 1 unspecified atom stereocenters. The van der Waals surface area contributed by atoms with Gasteiger partial charge in [0.25, 0.3) is 0 Å². The van der Waals surface area contributed by atoms with Gasteiger partial charge in [-0.2, -0.15) is 0 Å². The van der Waals surface area contributed by atoms with Gasteiger partial charge in [0.05, 0.1) is 0 Å². The van der Waals surface area contributed by atoms with E-state index in [1.54, 1.807) is 0 Å². The predicted octanol–water partition coefficient (Wildman–Crippen LogP) is 2.87. The van der Waals surface area contributed by atoms with Gasteiger partial charge in [0.2, 0.25) is 0 Å². The first kappa shape index (κ1) is 14.9. The zero-order valence-electron chi connectivity index (χ0n) is 11.1. The van der Waals surface area contributed by atoms with E-state index in [0.717, 1.165) is 6.54 Å². The Morgan fingerprint density at radius 2 is 1.47 bits per heavy atom. The van der Waals surface area contributed by atoms with Crippen LogP contribution in [0.1, 0.15) is 53.4 Å². The summed E-state index contributed by atoms with van der Waals surface area (Å²) < 4.78 is 0. The molecular weight excluding hydrogens is 184 g/mol. The van der Waals surface area contributed by atoms with Gasteiger partial charge in [-0.05, 0) is 31.8 Å². The van der Waals surface area contributed by atoms with E-state index in [9.17, 15) is 0 Å². The van der Waals surface area contributed by atoms with E-state index in [2.05, 4.69) is 32.6 Å². The fourth-order valence-corrected chi connectivity index (χ4v) is 1.57. The molecule has 2 N–H and O–H groups in total. The first-order chi connectivity index (χ1) is 7.11. The van der Waals surface area contributed by atoms with Crippen LogP contribution >= 0.6 is 0 Å². The van der Waals surface area contributed by atoms with Crippen LogP contribution in [0.2, 0.25) is 0 Å². The molecule has 0 spiro atoms. The van der Waals surface area contributed by atoms with Gasteiger partial charge in [-0.25, -0.2) is 0 Å². The molecule has 92 valence electrons. The summed E-state index contributed by atoms with van der Waals surface area (Å²) in [4.78, 5) is 2.54. The zero-order valence-corrected chi connectivity index (χ0v) is 11.1. The molecular formula is C13H30N2. The molecule has 2 nitrogen and oxygen atoms in total. The topological polar surface area (TPSA) is 29.3 Å². The van der Waals surface area contributed by atoms with Crippen molar-refractivity contribution in [2.45, 2.75) is 59.4 Å². The third-order valence-corrected chi connectivity index (χ3v) is 2.98. The molecule has 0 aliphatic heterocycles. The molecule has 0 saturated heterocycles. The minimum atomic E-state index is 0.332. The lowest BCUT2D eigenvalue weighted by molar-refractivity contribution is 0.231. The van der Waals surface area contributed by atoms with Crippen LogP contribution in [0.4, 0.5) is 0 Å². The normalized spacial score (nSPS) is 13.8. The van der Waals surface area contributed by atoms with Crippen molar-refractivity contribution in [2.75, 3.05) is 19.6 Å². The number of hydrogen-bond acceptors (Lipinski definition) is 2. The van der Waals surface area contributed by atoms with Gasteiger partial charge >= 0.3 is 0 Å². The van der Waals surface area contributed by atoms with E-state index < -0.39 is 0 Å². The van der Waals surface area contributed by atoms with Gasteiger partial charge in [-0.1, -0.05) is 40.5 Å². The smallest absolute Gasteiger partial charge is 0.0191 e. The Hall–Kier alpha value is -0.0800. The summed E-state index contributed by atoms with van der Waals surface area (Å²) in [5.41, 5.74) is 6.12. The largest absolute Gasteiger partial charge is 0.326 e. The fraction of sp³-hybridized carbons (Fsp3) is 1.00. The van der Waals surface area contributed by atoms with Gasteiger partial charge in [0, 0.05) is 12.6 Å². The Labute approximate surface area is 96.2 Å². The lowest BCUT2D eigenvalue weighted by Crippen LogP contribution is -2.41. The van der Waals surface area contributed by atoms with Crippen molar-refractivity contribution in [1.82, 2.24) is 4.90 Å². The SMILES string of the molecule is CCCCN(CCCC)CC(N)C(C)C. The Morgan fingerprint density at radius 3 is 1.80 bits per heavy atom. The molecule has 0 heterocycles. The molecule has 0 rings (SSSR count). The molecule has 0 bridgehead atoms. The average Bonchev–Trinajstić information content (AvgIpc) is 2.21. The van der Waals surface area contributed by atoms with E-state index in [4.69, 9.17) is 5.73 Å². The van der Waals surface area contributed by atoms with Crippen molar-refractivity contribution in [3.05, 3.63) is 0 Å². The molecule has 0 aromatic rings. The molecule has 0 aromatic heterocycles. The molecule has 15 heavy (non-hydrogen) atoms. The Balaban J connectivity index is 3.87. The third kappa shape index (κ3) is 7.80. The maximum atomic E-state index is 6.12. The van der Waals surface area contributed by atoms with E-state index in [-0.39, 0.29) is 0 Å². The van der Waals surface area contributed by atoms with Crippen molar-refractivity contribution in [2.24, 2.45) is 11.7 Å². The summed E-state index contributed by atoms with van der Waals surface area (Å²) in [5.74, 6) is 0.593. The molecule has 0 amide bonds. The standard InChI is InChI=1S/C13H30N2/c1-5-7-9-15(10-8-6-2)11-13(14)12(3)4/h12-13H,5-11,14H2,1-4H3. The van der Waals surface area contributed by atoms with Gasteiger partial charge in [0.15, 0.2) is 0 Å². The summed E-state index contributed by atoms with van der Waals surface area (Å²) in [6.07, 6.45) is 5.15. The maximum Gasteiger partial charge on any atom is 0.0191 e. The lowest BCUT2D eigenvalue weighted by Gasteiger charge is -2.27. The summed E-state index contributed by atoms with van der Waals surface area (Å²) in [6.45, 7) is 12.4. The van der Waals surface area contributed by atoms with Crippen molar-refractivity contribution in [3.63, 3.8) is 0 Å². The number of unbranched alkanes of at least 4 members (excludes halogenated alkanes) is 2. The fourth-order valence-electron chi connectivity index (χ4n) is 1.57. The third-order valence-electron chi connectivity index (χ3n) is 2.98. The summed E-state index contributed by atoms with van der Waals surface area (Å²) in [6, 6.07) is 0.332. The molecule has 0 fully saturated rings. The minimum absolute atomic E-state index is 0.332. The van der Waals surface area contributed by atoms with E-state index in [1.807, 2.05) is 0 Å². The van der Waals surface area contributed by atoms with E-state index >= 15 is 0 Å². The molecule has 0 aliphatic carbocycles. The van der Waals surface area contributed by atoms with Crippen LogP contribution in [-0.2, 0) is 0 Å². The van der Waals surface area contributed by atoms with Gasteiger partial charge in [0.1, 0.15) is 0 Å². The van der Waals surface area contributed by atoms with E-state index in [1.165, 1.54) is 38.8 Å². The Bertz CT molecular complexity index is 126. The van der Waals surface area contributed by atoms with Gasteiger partial charge in [-0.3, -0.25) is 0 Å². The molecule has 0 radical (unpaired) electrons.